The molecule has 1 unspecified atom stereocenters. The van der Waals surface area contributed by atoms with E-state index in [-0.39, 0.29) is 49.3 Å². The zero-order valence-corrected chi connectivity index (χ0v) is 43.2. The predicted octanol–water partition coefficient (Wildman–Crippen LogP) is 12.6. The minimum Gasteiger partial charge on any atom is -0.494 e. The maximum Gasteiger partial charge on any atom is 0.422 e. The molecule has 5 aromatic rings. The molecule has 2 aliphatic heterocycles. The van der Waals surface area contributed by atoms with Gasteiger partial charge in [0.05, 0.1) is 67.2 Å². The number of hydrazone groups is 1. The lowest BCUT2D eigenvalue weighted by molar-refractivity contribution is -0.233. The zero-order valence-electron chi connectivity index (χ0n) is 41.7. The number of nitrogens with zero attached hydrogens (tertiary/aromatic N) is 3. The summed E-state index contributed by atoms with van der Waals surface area (Å²) in [5.41, 5.74) is 0.941. The van der Waals surface area contributed by atoms with Crippen LogP contribution in [0.25, 0.3) is 21.0 Å². The van der Waals surface area contributed by atoms with Crippen molar-refractivity contribution >= 4 is 61.2 Å². The van der Waals surface area contributed by atoms with Crippen molar-refractivity contribution in [3.8, 4) is 17.2 Å². The van der Waals surface area contributed by atoms with Crippen molar-refractivity contribution in [2.24, 2.45) is 16.9 Å². The van der Waals surface area contributed by atoms with Crippen LogP contribution in [0.1, 0.15) is 89.7 Å². The highest BCUT2D eigenvalue weighted by molar-refractivity contribution is 7.22. The summed E-state index contributed by atoms with van der Waals surface area (Å²) in [4.78, 5) is 16.5. The average Bonchev–Trinajstić information content (AvgIpc) is 3.77. The Morgan fingerprint density at radius 1 is 0.877 bits per heavy atom. The van der Waals surface area contributed by atoms with Crippen molar-refractivity contribution in [3.05, 3.63) is 101 Å². The second-order valence-corrected chi connectivity index (χ2v) is 20.5. The number of ether oxygens (including phenoxy) is 9. The van der Waals surface area contributed by atoms with Gasteiger partial charge in [-0.2, -0.15) is 18.3 Å². The van der Waals surface area contributed by atoms with Gasteiger partial charge in [0.15, 0.2) is 12.6 Å². The first-order chi connectivity index (χ1) is 35.3. The Balaban J connectivity index is 0.887. The quantitative estimate of drug-likeness (QED) is 0.0130. The molecule has 1 atom stereocenters. The molecule has 2 saturated heterocycles. The first-order valence-electron chi connectivity index (χ1n) is 25.2. The summed E-state index contributed by atoms with van der Waals surface area (Å²) in [5, 5.41) is 10.0. The number of halogens is 4. The molecule has 1 aromatic heterocycles. The van der Waals surface area contributed by atoms with Crippen molar-refractivity contribution in [2.75, 3.05) is 57.8 Å². The van der Waals surface area contributed by atoms with E-state index in [9.17, 15) is 18.0 Å². The number of hydrogen-bond donors (Lipinski definition) is 0. The molecule has 3 fully saturated rings. The Labute approximate surface area is 433 Å². The Kier molecular flexibility index (Phi) is 18.9. The Morgan fingerprint density at radius 2 is 1.62 bits per heavy atom. The minimum atomic E-state index is -4.83. The van der Waals surface area contributed by atoms with Crippen LogP contribution in [0.3, 0.4) is 0 Å². The number of carbonyl (C=O) groups is 1. The van der Waals surface area contributed by atoms with Crippen molar-refractivity contribution in [3.63, 3.8) is 0 Å². The summed E-state index contributed by atoms with van der Waals surface area (Å²) in [5.74, 6) is 0.596. The Morgan fingerprint density at radius 3 is 2.34 bits per heavy atom. The van der Waals surface area contributed by atoms with Crippen LogP contribution < -0.4 is 19.2 Å². The third-order valence-electron chi connectivity index (χ3n) is 13.0. The number of rotatable bonds is 26. The number of esters is 1. The fourth-order valence-electron chi connectivity index (χ4n) is 8.68. The first-order valence-corrected chi connectivity index (χ1v) is 26.4. The summed E-state index contributed by atoms with van der Waals surface area (Å²) in [7, 11) is 0. The van der Waals surface area contributed by atoms with Crippen LogP contribution in [0, 0.1) is 11.8 Å². The van der Waals surface area contributed by atoms with E-state index in [4.69, 9.17) is 59.6 Å². The summed E-state index contributed by atoms with van der Waals surface area (Å²) in [6.07, 6.45) is 4.54. The lowest BCUT2D eigenvalue weighted by Crippen LogP contribution is -2.41. The summed E-state index contributed by atoms with van der Waals surface area (Å²) < 4.78 is 92.1. The fraction of sp³-hybridized carbons (Fsp3) is 0.509. The number of unbranched alkanes of at least 4 members (excludes halogenated alkanes) is 3. The normalized spacial score (nSPS) is 20.8. The maximum absolute atomic E-state index is 12.7. The second kappa shape index (κ2) is 25.5. The van der Waals surface area contributed by atoms with Gasteiger partial charge in [-0.15, -0.1) is 0 Å². The fourth-order valence-corrected chi connectivity index (χ4v) is 9.92. The van der Waals surface area contributed by atoms with Crippen molar-refractivity contribution in [1.29, 1.82) is 0 Å². The minimum absolute atomic E-state index is 0.00129. The third kappa shape index (κ3) is 15.1. The van der Waals surface area contributed by atoms with Gasteiger partial charge >= 0.3 is 12.1 Å². The molecule has 3 aliphatic rings. The number of aromatic nitrogens is 1. The highest BCUT2D eigenvalue weighted by atomic mass is 35.5. The number of hydrogen-bond acceptors (Lipinski definition) is 14. The van der Waals surface area contributed by atoms with Gasteiger partial charge in [0, 0.05) is 35.8 Å². The lowest BCUT2D eigenvalue weighted by atomic mass is 9.86. The summed E-state index contributed by atoms with van der Waals surface area (Å²) in [6.45, 7) is 12.0. The van der Waals surface area contributed by atoms with Gasteiger partial charge in [-0.1, -0.05) is 80.0 Å². The SMILES string of the molecule is C=C(C(=O)OCCOC1CCC(C2OCC(COc3ccc4c(/C=N/N(CCCCCC)c5nc6ccccc6s5)c(OCc5ccc(OCCCOC6OC6(C)C)cc5)ccc4c3Cl)CO2)CC1)C(F)(F)F. The number of carbonyl (C=O) groups excluding carboxylic acids is 1. The van der Waals surface area contributed by atoms with Crippen molar-refractivity contribution in [2.45, 2.75) is 116 Å². The highest BCUT2D eigenvalue weighted by Crippen LogP contribution is 2.39. The van der Waals surface area contributed by atoms with E-state index in [1.165, 1.54) is 0 Å². The highest BCUT2D eigenvalue weighted by Gasteiger charge is 2.49. The first kappa shape index (κ1) is 54.3. The van der Waals surface area contributed by atoms with Gasteiger partial charge in [-0.3, -0.25) is 0 Å². The smallest absolute Gasteiger partial charge is 0.422 e. The standard InChI is InChI=1S/C55H65ClF3N3O10S/c1-5-6-7-10-26-62(53-61-45-12-8-9-13-48(45)73-53)60-31-44-42-22-25-47(49(56)43(42)23-24-46(44)68-32-37-14-18-40(19-15-37)64-27-11-28-67-52-54(3,4)72-52)69-33-38-34-70-51(71-35-38)39-16-20-41(21-17-39)65-29-30-66-50(63)36(2)55(57,58)59/h8-9,12-15,18-19,22-25,31,38-39,41,51-52H,2,5-7,10-11,16-17,20-21,26-30,32-35H2,1,3-4H3/b60-31+. The van der Waals surface area contributed by atoms with Crippen LogP contribution in [0.2, 0.25) is 5.02 Å². The number of thiazole rings is 1. The van der Waals surface area contributed by atoms with E-state index in [2.05, 4.69) is 24.3 Å². The van der Waals surface area contributed by atoms with E-state index in [0.29, 0.717) is 62.7 Å². The third-order valence-corrected chi connectivity index (χ3v) is 14.5. The van der Waals surface area contributed by atoms with Crippen LogP contribution in [-0.2, 0) is 39.8 Å². The number of anilines is 1. The molecule has 1 saturated carbocycles. The molecule has 0 spiro atoms. The monoisotopic (exact) mass is 1050 g/mol. The Hall–Kier alpha value is -5.01. The molecule has 394 valence electrons. The molecule has 73 heavy (non-hydrogen) atoms. The molecule has 0 radical (unpaired) electrons. The van der Waals surface area contributed by atoms with Gasteiger partial charge in [0.25, 0.3) is 0 Å². The molecule has 18 heteroatoms. The largest absolute Gasteiger partial charge is 0.494 e. The molecule has 0 bridgehead atoms. The van der Waals surface area contributed by atoms with Crippen molar-refractivity contribution < 1.29 is 60.6 Å². The van der Waals surface area contributed by atoms with Gasteiger partial charge in [0.1, 0.15) is 41.6 Å². The van der Waals surface area contributed by atoms with Gasteiger partial charge in [-0.25, -0.2) is 14.8 Å². The molecular weight excluding hydrogens is 987 g/mol. The molecule has 1 aliphatic carbocycles. The Bertz CT molecular complexity index is 2600. The number of alkyl halides is 3. The topological polar surface area (TPSA) is 132 Å². The average molecular weight is 1050 g/mol. The van der Waals surface area contributed by atoms with Crippen LogP contribution in [0.15, 0.2) is 90.0 Å². The zero-order chi connectivity index (χ0) is 51.4. The van der Waals surface area contributed by atoms with Gasteiger partial charge < -0.3 is 42.6 Å². The summed E-state index contributed by atoms with van der Waals surface area (Å²) in [6, 6.07) is 23.8. The molecule has 0 N–H and O–H groups in total. The van der Waals surface area contributed by atoms with Gasteiger partial charge in [-0.05, 0) is 105 Å². The van der Waals surface area contributed by atoms with E-state index >= 15 is 0 Å². The van der Waals surface area contributed by atoms with Crippen LogP contribution in [0.5, 0.6) is 17.2 Å². The molecular formula is C55H65ClF3N3O10S. The molecule has 3 heterocycles. The van der Waals surface area contributed by atoms with Crippen LogP contribution in [-0.4, -0.2) is 100 Å². The number of para-hydroxylation sites is 1. The lowest BCUT2D eigenvalue weighted by Gasteiger charge is -2.37. The summed E-state index contributed by atoms with van der Waals surface area (Å²) >= 11 is 8.80. The number of fused-ring (bicyclic) bond motifs is 2. The van der Waals surface area contributed by atoms with Crippen LogP contribution in [0.4, 0.5) is 18.3 Å². The predicted molar refractivity (Wildman–Crippen MR) is 276 cm³/mol. The number of epoxide rings is 1. The van der Waals surface area contributed by atoms with Crippen molar-refractivity contribution in [1.82, 2.24) is 4.98 Å². The van der Waals surface area contributed by atoms with E-state index in [1.54, 1.807) is 11.3 Å². The molecule has 4 aromatic carbocycles. The molecule has 8 rings (SSSR count). The van der Waals surface area contributed by atoms with E-state index in [0.717, 1.165) is 101 Å². The van der Waals surface area contributed by atoms with Crippen LogP contribution >= 0.6 is 22.9 Å². The van der Waals surface area contributed by atoms with E-state index < -0.39 is 17.7 Å². The van der Waals surface area contributed by atoms with Gasteiger partial charge in [0.2, 0.25) is 5.13 Å². The maximum atomic E-state index is 12.7. The molecule has 0 amide bonds. The van der Waals surface area contributed by atoms with E-state index in [1.807, 2.05) is 91.8 Å². The second-order valence-electron chi connectivity index (χ2n) is 19.1. The molecule has 13 nitrogen and oxygen atoms in total. The number of benzene rings is 4.